The number of nitrogens with zero attached hydrogens (tertiary/aromatic N) is 4. The lowest BCUT2D eigenvalue weighted by atomic mass is 9.85. The molecule has 0 saturated heterocycles. The Bertz CT molecular complexity index is 5620. The van der Waals surface area contributed by atoms with Crippen molar-refractivity contribution in [1.82, 2.24) is 14.1 Å². The Morgan fingerprint density at radius 3 is 1.31 bits per heavy atom. The first-order valence-electron chi connectivity index (χ1n) is 36.3. The topological polar surface area (TPSA) is 35.9 Å². The number of para-hydroxylation sites is 2. The van der Waals surface area contributed by atoms with Crippen LogP contribution >= 0.6 is 0 Å². The predicted octanol–water partition coefficient (Wildman–Crippen LogP) is 25.7. The number of hydrogen-bond donors (Lipinski definition) is 0. The van der Waals surface area contributed by atoms with Crippen LogP contribution in [0, 0.1) is 6.33 Å². The summed E-state index contributed by atoms with van der Waals surface area (Å²) in [6, 6.07) is 128. The molecule has 0 N–H and O–H groups in total. The van der Waals surface area contributed by atoms with Gasteiger partial charge in [-0.3, -0.25) is 4.57 Å². The van der Waals surface area contributed by atoms with Crippen molar-refractivity contribution in [3.8, 4) is 123 Å². The first-order chi connectivity index (χ1) is 51.2. The van der Waals surface area contributed by atoms with Gasteiger partial charge < -0.3 is 13.9 Å². The molecule has 104 heavy (non-hydrogen) atoms. The van der Waals surface area contributed by atoms with Crippen LogP contribution in [0.5, 0.6) is 11.5 Å². The Morgan fingerprint density at radius 2 is 0.798 bits per heavy atom. The summed E-state index contributed by atoms with van der Waals surface area (Å²) in [5.41, 5.74) is 29.3. The number of hydrogen-bond acceptors (Lipinski definition) is 2. The van der Waals surface area contributed by atoms with Gasteiger partial charge in [-0.15, -0.1) is 0 Å². The minimum atomic E-state index is -0.0804. The molecule has 14 aromatic carbocycles. The summed E-state index contributed by atoms with van der Waals surface area (Å²) < 4.78 is 13.8. The van der Waals surface area contributed by atoms with Crippen LogP contribution in [0.4, 0.5) is 0 Å². The first-order valence-corrected chi connectivity index (χ1v) is 36.3. The second-order valence-corrected chi connectivity index (χ2v) is 28.3. The molecule has 0 spiro atoms. The van der Waals surface area contributed by atoms with Crippen molar-refractivity contribution in [1.29, 1.82) is 0 Å². The third kappa shape index (κ3) is 13.4. The van der Waals surface area contributed by atoms with Crippen LogP contribution in [-0.4, -0.2) is 14.1 Å². The molecule has 0 unspecified atom stereocenters. The smallest absolute Gasteiger partial charge is 0.244 e. The minimum Gasteiger partial charge on any atom is -0.458 e. The van der Waals surface area contributed by atoms with Crippen LogP contribution in [0.15, 0.2) is 358 Å². The van der Waals surface area contributed by atoms with Gasteiger partial charge in [-0.05, 0) is 245 Å². The van der Waals surface area contributed by atoms with Crippen molar-refractivity contribution in [2.75, 3.05) is 0 Å². The molecule has 0 saturated carbocycles. The van der Waals surface area contributed by atoms with E-state index in [2.05, 4.69) is 387 Å². The second-order valence-electron chi connectivity index (χ2n) is 28.3. The number of fused-ring (bicyclic) bond motifs is 4. The van der Waals surface area contributed by atoms with Crippen LogP contribution in [-0.2, 0) is 18.4 Å². The largest absolute Gasteiger partial charge is 0.458 e. The first kappa shape index (κ1) is 64.7. The van der Waals surface area contributed by atoms with Gasteiger partial charge in [0.1, 0.15) is 17.3 Å². The fraction of sp³-hybridized carbons (Fsp3) is 0.0909. The van der Waals surface area contributed by atoms with Gasteiger partial charge >= 0.3 is 0 Å². The summed E-state index contributed by atoms with van der Waals surface area (Å²) in [6.45, 7) is 7.58. The lowest BCUT2D eigenvalue weighted by Gasteiger charge is -2.20. The highest BCUT2D eigenvalue weighted by atomic mass is 16.5. The van der Waals surface area contributed by atoms with E-state index in [0.717, 1.165) is 99.2 Å². The van der Waals surface area contributed by atoms with Crippen LogP contribution in [0.3, 0.4) is 0 Å². The zero-order valence-corrected chi connectivity index (χ0v) is 58.8. The third-order valence-corrected chi connectivity index (χ3v) is 20.4. The maximum absolute atomic E-state index is 6.97. The molecule has 5 nitrogen and oxygen atoms in total. The molecule has 0 atom stereocenters. The molecule has 3 aromatic heterocycles. The number of rotatable bonds is 19. The SMILES string of the molecule is CC(C)(C)c1ccnc(-n2c3ccc(-c4cc(-c5ccccc5)cc(-c5ccccc5)c4)cc3c3ccc(Oc4cccc(-n5[c-][n+](CCCCCc6c(-c7cc(-c8ccccc8)cc(-c8ccccc8)c7)cccc6-c6cc(-c7ccccc7)cc(-c7ccccc7)c6)c6ccccc65)c4)cc32)c1. The standard InChI is InChI=1S/C99H78N4O/c1-99(2,3)85-52-53-100-98(65-85)103-94-51-48-75(82-58-76(69-29-11-4-12-30-69)55-77(59-82)70-31-13-5-14-32-70)64-93(94)92-50-49-88(67-97(92)103)104-87-42-27-41-86(66-87)102-68-101(95-46-24-25-47-96(95)102)54-26-10-23-43-91-89(83-60-78(71-33-15-6-16-34-71)56-79(61-83)72-35-17-7-18-36-72)44-28-45-90(91)84-62-80(73-37-19-8-20-38-73)57-81(63-84)74-39-21-9-22-40-74/h4-9,11-22,24-25,27-42,44-53,55-67H,10,23,26,43,54H2,1-3H3. The summed E-state index contributed by atoms with van der Waals surface area (Å²) >= 11 is 0. The second kappa shape index (κ2) is 28.4. The van der Waals surface area contributed by atoms with E-state index >= 15 is 0 Å². The summed E-state index contributed by atoms with van der Waals surface area (Å²) in [5.74, 6) is 2.33. The Hall–Kier alpha value is -12.7. The van der Waals surface area contributed by atoms with E-state index in [9.17, 15) is 0 Å². The highest BCUT2D eigenvalue weighted by Gasteiger charge is 2.22. The number of ether oxygens (including phenoxy) is 1. The maximum atomic E-state index is 6.97. The third-order valence-electron chi connectivity index (χ3n) is 20.4. The average Bonchev–Trinajstić information content (AvgIpc) is 1.63. The normalized spacial score (nSPS) is 11.6. The number of benzene rings is 14. The molecule has 3 heterocycles. The molecule has 0 aliphatic carbocycles. The van der Waals surface area contributed by atoms with E-state index in [0.29, 0.717) is 0 Å². The fourth-order valence-electron chi connectivity index (χ4n) is 15.1. The van der Waals surface area contributed by atoms with Crippen LogP contribution < -0.4 is 9.30 Å². The molecule has 5 heteroatoms. The molecular formula is C99H78N4O. The van der Waals surface area contributed by atoms with Gasteiger partial charge in [-0.2, -0.15) is 0 Å². The van der Waals surface area contributed by atoms with E-state index in [-0.39, 0.29) is 5.41 Å². The number of pyridine rings is 1. The molecule has 0 fully saturated rings. The lowest BCUT2D eigenvalue weighted by molar-refractivity contribution is -0.676. The van der Waals surface area contributed by atoms with Gasteiger partial charge in [0.05, 0.1) is 34.3 Å². The summed E-state index contributed by atoms with van der Waals surface area (Å²) in [7, 11) is 0. The van der Waals surface area contributed by atoms with Gasteiger partial charge in [0, 0.05) is 23.0 Å². The van der Waals surface area contributed by atoms with Crippen molar-refractivity contribution < 1.29 is 9.30 Å². The summed E-state index contributed by atoms with van der Waals surface area (Å²) in [4.78, 5) is 5.08. The van der Waals surface area contributed by atoms with E-state index in [1.165, 1.54) is 100 Å². The molecule has 0 aliphatic heterocycles. The molecule has 500 valence electrons. The van der Waals surface area contributed by atoms with Crippen molar-refractivity contribution in [2.45, 2.75) is 58.4 Å². The van der Waals surface area contributed by atoms with Crippen molar-refractivity contribution in [3.63, 3.8) is 0 Å². The molecule has 17 aromatic rings. The molecule has 17 rings (SSSR count). The average molecular weight is 1340 g/mol. The summed E-state index contributed by atoms with van der Waals surface area (Å²) in [6.07, 6.45) is 9.68. The highest BCUT2D eigenvalue weighted by molar-refractivity contribution is 6.11. The monoisotopic (exact) mass is 1340 g/mol. The number of aryl methyl sites for hydroxylation is 1. The van der Waals surface area contributed by atoms with Crippen LogP contribution in [0.2, 0.25) is 0 Å². The van der Waals surface area contributed by atoms with Crippen molar-refractivity contribution in [3.05, 3.63) is 376 Å². The lowest BCUT2D eigenvalue weighted by Crippen LogP contribution is -2.32. The highest BCUT2D eigenvalue weighted by Crippen LogP contribution is 2.44. The van der Waals surface area contributed by atoms with Crippen molar-refractivity contribution in [2.24, 2.45) is 0 Å². The van der Waals surface area contributed by atoms with E-state index < -0.39 is 0 Å². The van der Waals surface area contributed by atoms with E-state index in [1.807, 2.05) is 12.3 Å². The fourth-order valence-corrected chi connectivity index (χ4v) is 15.1. The Kier molecular flexibility index (Phi) is 17.6. The zero-order valence-electron chi connectivity index (χ0n) is 58.8. The molecular weight excluding hydrogens is 1260 g/mol. The van der Waals surface area contributed by atoms with Gasteiger partial charge in [0.2, 0.25) is 6.33 Å². The van der Waals surface area contributed by atoms with Crippen molar-refractivity contribution >= 4 is 32.8 Å². The van der Waals surface area contributed by atoms with Crippen LogP contribution in [0.1, 0.15) is 51.2 Å². The Balaban J connectivity index is 0.679. The maximum Gasteiger partial charge on any atom is 0.244 e. The minimum absolute atomic E-state index is 0.0804. The van der Waals surface area contributed by atoms with E-state index in [4.69, 9.17) is 9.72 Å². The molecule has 0 aliphatic rings. The molecule has 0 radical (unpaired) electrons. The molecule has 0 amide bonds. The van der Waals surface area contributed by atoms with Gasteiger partial charge in [0.25, 0.3) is 0 Å². The number of aromatic nitrogens is 4. The Morgan fingerprint density at radius 1 is 0.337 bits per heavy atom. The Labute approximate surface area is 609 Å². The summed E-state index contributed by atoms with van der Waals surface area (Å²) in [5, 5.41) is 2.26. The van der Waals surface area contributed by atoms with E-state index in [1.54, 1.807) is 0 Å². The number of unbranched alkanes of at least 4 members (excludes halogenated alkanes) is 2. The quantitative estimate of drug-likeness (QED) is 0.0459. The van der Waals surface area contributed by atoms with Gasteiger partial charge in [0.15, 0.2) is 0 Å². The van der Waals surface area contributed by atoms with Crippen LogP contribution in [0.25, 0.3) is 144 Å². The number of imidazole rings is 1. The predicted molar refractivity (Wildman–Crippen MR) is 433 cm³/mol. The van der Waals surface area contributed by atoms with Gasteiger partial charge in [-0.1, -0.05) is 263 Å². The van der Waals surface area contributed by atoms with Gasteiger partial charge in [-0.25, -0.2) is 4.98 Å². The zero-order chi connectivity index (χ0) is 69.9. The molecule has 0 bridgehead atoms.